The first-order valence-corrected chi connectivity index (χ1v) is 4.22. The lowest BCUT2D eigenvalue weighted by Crippen LogP contribution is -2.22. The van der Waals surface area contributed by atoms with E-state index in [4.69, 9.17) is 0 Å². The highest BCUT2D eigenvalue weighted by Gasteiger charge is 2.29. The van der Waals surface area contributed by atoms with Crippen LogP contribution in [0.3, 0.4) is 0 Å². The van der Waals surface area contributed by atoms with Gasteiger partial charge in [-0.3, -0.25) is 0 Å². The Kier molecular flexibility index (Phi) is 1.40. The van der Waals surface area contributed by atoms with E-state index in [2.05, 4.69) is 18.7 Å². The third kappa shape index (κ3) is 0.920. The van der Waals surface area contributed by atoms with Crippen LogP contribution < -0.4 is 0 Å². The molecule has 2 rings (SSSR count). The van der Waals surface area contributed by atoms with Crippen molar-refractivity contribution < 1.29 is 0 Å². The van der Waals surface area contributed by atoms with Gasteiger partial charge in [-0.2, -0.15) is 0 Å². The van der Waals surface area contributed by atoms with Crippen LogP contribution in [-0.2, 0) is 0 Å². The maximum atomic E-state index is 3.98. The van der Waals surface area contributed by atoms with E-state index in [0.29, 0.717) is 0 Å². The zero-order valence-corrected chi connectivity index (χ0v) is 6.34. The Hall–Kier alpha value is -0.520. The van der Waals surface area contributed by atoms with Crippen LogP contribution in [0.2, 0.25) is 0 Å². The fourth-order valence-corrected chi connectivity index (χ4v) is 1.92. The second-order valence-corrected chi connectivity index (χ2v) is 3.56. The molecule has 0 heteroatoms. The molecule has 0 nitrogen and oxygen atoms in total. The van der Waals surface area contributed by atoms with E-state index in [1.54, 1.807) is 0 Å². The SMILES string of the molecule is C=C1C=C[C@@H]2CC[C@@H]2CC1. The molecule has 0 aromatic heterocycles. The van der Waals surface area contributed by atoms with Crippen molar-refractivity contribution in [3.05, 3.63) is 24.3 Å². The van der Waals surface area contributed by atoms with E-state index in [1.165, 1.54) is 31.3 Å². The van der Waals surface area contributed by atoms with Gasteiger partial charge in [-0.25, -0.2) is 0 Å². The summed E-state index contributed by atoms with van der Waals surface area (Å²) in [6, 6.07) is 0. The molecule has 1 fully saturated rings. The molecule has 2 aliphatic carbocycles. The first-order chi connectivity index (χ1) is 4.86. The molecule has 0 N–H and O–H groups in total. The number of fused-ring (bicyclic) bond motifs is 1. The molecule has 0 amide bonds. The van der Waals surface area contributed by atoms with E-state index in [1.807, 2.05) is 0 Å². The lowest BCUT2D eigenvalue weighted by molar-refractivity contribution is 0.216. The predicted molar refractivity (Wildman–Crippen MR) is 43.7 cm³/mol. The van der Waals surface area contributed by atoms with Crippen LogP contribution in [0, 0.1) is 11.8 Å². The summed E-state index contributed by atoms with van der Waals surface area (Å²) in [6.07, 6.45) is 10.1. The molecule has 0 radical (unpaired) electrons. The highest BCUT2D eigenvalue weighted by atomic mass is 14.3. The minimum atomic E-state index is 0.916. The van der Waals surface area contributed by atoms with Gasteiger partial charge in [-0.05, 0) is 37.5 Å². The average Bonchev–Trinajstić information content (AvgIpc) is 1.94. The van der Waals surface area contributed by atoms with Crippen LogP contribution in [0.25, 0.3) is 0 Å². The van der Waals surface area contributed by atoms with Crippen molar-refractivity contribution in [2.75, 3.05) is 0 Å². The van der Waals surface area contributed by atoms with Crippen molar-refractivity contribution >= 4 is 0 Å². The molecule has 0 aliphatic heterocycles. The average molecular weight is 134 g/mol. The van der Waals surface area contributed by atoms with Gasteiger partial charge in [0.15, 0.2) is 0 Å². The molecule has 0 aromatic carbocycles. The molecule has 2 aliphatic rings. The standard InChI is InChI=1S/C10H14/c1-8-2-4-9-6-7-10(9)5-3-8/h2,4,9-10H,1,3,5-7H2/t9-,10+/m1/s1. The highest BCUT2D eigenvalue weighted by molar-refractivity contribution is 5.19. The summed E-state index contributed by atoms with van der Waals surface area (Å²) in [5, 5.41) is 0. The summed E-state index contributed by atoms with van der Waals surface area (Å²) in [5.41, 5.74) is 1.33. The van der Waals surface area contributed by atoms with Crippen molar-refractivity contribution in [2.45, 2.75) is 25.7 Å². The van der Waals surface area contributed by atoms with Gasteiger partial charge in [0.1, 0.15) is 0 Å². The van der Waals surface area contributed by atoms with E-state index in [9.17, 15) is 0 Å². The minimum absolute atomic E-state index is 0.916. The first kappa shape index (κ1) is 6.21. The molecule has 1 saturated carbocycles. The summed E-state index contributed by atoms with van der Waals surface area (Å²) in [7, 11) is 0. The van der Waals surface area contributed by atoms with Crippen LogP contribution in [0.15, 0.2) is 24.3 Å². The number of allylic oxidation sites excluding steroid dienone is 3. The van der Waals surface area contributed by atoms with Gasteiger partial charge in [0.05, 0.1) is 0 Å². The van der Waals surface area contributed by atoms with Crippen molar-refractivity contribution in [2.24, 2.45) is 11.8 Å². The molecule has 0 unspecified atom stereocenters. The predicted octanol–water partition coefficient (Wildman–Crippen LogP) is 2.92. The zero-order valence-electron chi connectivity index (χ0n) is 6.34. The molecule has 2 atom stereocenters. The second kappa shape index (κ2) is 2.26. The molecule has 0 spiro atoms. The van der Waals surface area contributed by atoms with Crippen molar-refractivity contribution in [3.63, 3.8) is 0 Å². The summed E-state index contributed by atoms with van der Waals surface area (Å²) >= 11 is 0. The van der Waals surface area contributed by atoms with Crippen molar-refractivity contribution in [1.29, 1.82) is 0 Å². The van der Waals surface area contributed by atoms with Crippen LogP contribution >= 0.6 is 0 Å². The first-order valence-electron chi connectivity index (χ1n) is 4.22. The smallest absolute Gasteiger partial charge is 0.0202 e. The van der Waals surface area contributed by atoms with Gasteiger partial charge in [-0.1, -0.05) is 24.3 Å². The maximum Gasteiger partial charge on any atom is -0.0202 e. The summed E-state index contributed by atoms with van der Waals surface area (Å²) in [5.74, 6) is 1.93. The van der Waals surface area contributed by atoms with Gasteiger partial charge < -0.3 is 0 Å². The lowest BCUT2D eigenvalue weighted by Gasteiger charge is -2.33. The maximum absolute atomic E-state index is 3.98. The number of rotatable bonds is 0. The Morgan fingerprint density at radius 1 is 1.30 bits per heavy atom. The Labute approximate surface area is 62.6 Å². The van der Waals surface area contributed by atoms with Gasteiger partial charge >= 0.3 is 0 Å². The number of hydrogen-bond donors (Lipinski definition) is 0. The quantitative estimate of drug-likeness (QED) is 0.478. The van der Waals surface area contributed by atoms with Crippen LogP contribution in [0.5, 0.6) is 0 Å². The molecular weight excluding hydrogens is 120 g/mol. The van der Waals surface area contributed by atoms with E-state index in [0.717, 1.165) is 11.8 Å². The Morgan fingerprint density at radius 3 is 2.90 bits per heavy atom. The van der Waals surface area contributed by atoms with Gasteiger partial charge in [-0.15, -0.1) is 0 Å². The third-order valence-corrected chi connectivity index (χ3v) is 2.89. The Morgan fingerprint density at radius 2 is 2.20 bits per heavy atom. The summed E-state index contributed by atoms with van der Waals surface area (Å²) in [4.78, 5) is 0. The topological polar surface area (TPSA) is 0 Å². The fraction of sp³-hybridized carbons (Fsp3) is 0.600. The molecule has 0 bridgehead atoms. The number of hydrogen-bond acceptors (Lipinski definition) is 0. The van der Waals surface area contributed by atoms with E-state index >= 15 is 0 Å². The normalized spacial score (nSPS) is 38.2. The second-order valence-electron chi connectivity index (χ2n) is 3.56. The van der Waals surface area contributed by atoms with E-state index < -0.39 is 0 Å². The van der Waals surface area contributed by atoms with Gasteiger partial charge in [0.2, 0.25) is 0 Å². The molecule has 54 valence electrons. The third-order valence-electron chi connectivity index (χ3n) is 2.89. The molecule has 10 heavy (non-hydrogen) atoms. The Balaban J connectivity index is 2.09. The molecule has 0 saturated heterocycles. The monoisotopic (exact) mass is 134 g/mol. The zero-order chi connectivity index (χ0) is 6.97. The highest BCUT2D eigenvalue weighted by Crippen LogP contribution is 2.41. The van der Waals surface area contributed by atoms with Crippen molar-refractivity contribution in [1.82, 2.24) is 0 Å². The molecule has 0 heterocycles. The van der Waals surface area contributed by atoms with Crippen molar-refractivity contribution in [3.8, 4) is 0 Å². The fourth-order valence-electron chi connectivity index (χ4n) is 1.92. The minimum Gasteiger partial charge on any atom is -0.0958 e. The van der Waals surface area contributed by atoms with Crippen LogP contribution in [0.1, 0.15) is 25.7 Å². The molecular formula is C10H14. The van der Waals surface area contributed by atoms with E-state index in [-0.39, 0.29) is 0 Å². The van der Waals surface area contributed by atoms with Gasteiger partial charge in [0.25, 0.3) is 0 Å². The summed E-state index contributed by atoms with van der Waals surface area (Å²) < 4.78 is 0. The Bertz CT molecular complexity index is 176. The lowest BCUT2D eigenvalue weighted by atomic mass is 9.72. The van der Waals surface area contributed by atoms with Crippen LogP contribution in [0.4, 0.5) is 0 Å². The molecule has 0 aromatic rings. The van der Waals surface area contributed by atoms with Crippen LogP contribution in [-0.4, -0.2) is 0 Å². The summed E-state index contributed by atoms with van der Waals surface area (Å²) in [6.45, 7) is 3.98. The van der Waals surface area contributed by atoms with Gasteiger partial charge in [0, 0.05) is 0 Å². The largest absolute Gasteiger partial charge is 0.0958 e.